The Labute approximate surface area is 121 Å². The summed E-state index contributed by atoms with van der Waals surface area (Å²) in [6, 6.07) is 2.12. The first-order chi connectivity index (χ1) is 8.42. The molecule has 1 rings (SSSR count). The van der Waals surface area contributed by atoms with Gasteiger partial charge in [-0.15, -0.1) is 11.8 Å². The van der Waals surface area contributed by atoms with Crippen molar-refractivity contribution in [2.45, 2.75) is 20.8 Å². The molecule has 0 aliphatic rings. The fraction of sp³-hybridized carbons (Fsp3) is 0.357. The highest BCUT2D eigenvalue weighted by Gasteiger charge is 2.14. The number of benzene rings is 1. The van der Waals surface area contributed by atoms with Gasteiger partial charge in [0.2, 0.25) is 0 Å². The van der Waals surface area contributed by atoms with Gasteiger partial charge >= 0.3 is 5.97 Å². The first kappa shape index (κ1) is 15.3. The molecule has 0 aliphatic carbocycles. The molecule has 1 aromatic carbocycles. The quantitative estimate of drug-likeness (QED) is 0.612. The lowest BCUT2D eigenvalue weighted by Crippen LogP contribution is -1.99. The van der Waals surface area contributed by atoms with Gasteiger partial charge in [-0.3, -0.25) is 0 Å². The summed E-state index contributed by atoms with van der Waals surface area (Å²) in [5.41, 5.74) is 4.62. The second kappa shape index (κ2) is 6.43. The first-order valence-electron chi connectivity index (χ1n) is 5.52. The van der Waals surface area contributed by atoms with E-state index in [-0.39, 0.29) is 5.97 Å². The topological polar surface area (TPSA) is 26.3 Å². The molecular formula is C14H17BrO2S. The van der Waals surface area contributed by atoms with E-state index < -0.39 is 0 Å². The van der Waals surface area contributed by atoms with Crippen molar-refractivity contribution in [1.29, 1.82) is 0 Å². The third-order valence-electron chi connectivity index (χ3n) is 2.79. The van der Waals surface area contributed by atoms with Crippen molar-refractivity contribution in [3.8, 4) is 0 Å². The summed E-state index contributed by atoms with van der Waals surface area (Å²) in [4.78, 5) is 12.3. The van der Waals surface area contributed by atoms with Gasteiger partial charge in [0.15, 0.2) is 0 Å². The smallest absolute Gasteiger partial charge is 0.331 e. The van der Waals surface area contributed by atoms with Gasteiger partial charge in [-0.1, -0.05) is 22.0 Å². The average molecular weight is 329 g/mol. The van der Waals surface area contributed by atoms with E-state index in [9.17, 15) is 4.79 Å². The maximum atomic E-state index is 11.4. The van der Waals surface area contributed by atoms with Gasteiger partial charge in [0, 0.05) is 15.5 Å². The fourth-order valence-electron chi connectivity index (χ4n) is 1.94. The summed E-state index contributed by atoms with van der Waals surface area (Å²) >= 11 is 5.14. The maximum absolute atomic E-state index is 11.4. The molecule has 0 atom stereocenters. The van der Waals surface area contributed by atoms with Crippen LogP contribution in [0.15, 0.2) is 16.6 Å². The molecule has 0 N–H and O–H groups in total. The molecule has 0 amide bonds. The molecule has 0 unspecified atom stereocenters. The van der Waals surface area contributed by atoms with Gasteiger partial charge in [-0.05, 0) is 49.3 Å². The molecule has 18 heavy (non-hydrogen) atoms. The van der Waals surface area contributed by atoms with Crippen molar-refractivity contribution < 1.29 is 9.53 Å². The normalized spacial score (nSPS) is 11.6. The standard InChI is InChI=1S/C14H17BrO2S/c1-8-6-9(2)14(15)10(3)13(8)11(18-5)7-12(16)17-4/h6-7H,1-5H3/b11-7+. The number of aryl methyl sites for hydroxylation is 2. The Bertz CT molecular complexity index is 507. The van der Waals surface area contributed by atoms with Crippen LogP contribution in [0, 0.1) is 20.8 Å². The molecule has 1 aromatic rings. The van der Waals surface area contributed by atoms with Crippen LogP contribution in [0.4, 0.5) is 0 Å². The van der Waals surface area contributed by atoms with E-state index in [1.165, 1.54) is 12.7 Å². The summed E-state index contributed by atoms with van der Waals surface area (Å²) in [6.07, 6.45) is 3.50. The summed E-state index contributed by atoms with van der Waals surface area (Å²) in [5.74, 6) is -0.324. The highest BCUT2D eigenvalue weighted by Crippen LogP contribution is 2.35. The molecule has 0 radical (unpaired) electrons. The number of esters is 1. The van der Waals surface area contributed by atoms with Crippen molar-refractivity contribution in [1.82, 2.24) is 0 Å². The molecule has 0 heterocycles. The third-order valence-corrected chi connectivity index (χ3v) is 4.78. The van der Waals surface area contributed by atoms with Crippen LogP contribution in [0.1, 0.15) is 22.3 Å². The van der Waals surface area contributed by atoms with Gasteiger partial charge in [-0.2, -0.15) is 0 Å². The lowest BCUT2D eigenvalue weighted by Gasteiger charge is -2.15. The van der Waals surface area contributed by atoms with E-state index in [1.54, 1.807) is 17.8 Å². The zero-order valence-corrected chi connectivity index (χ0v) is 13.7. The monoisotopic (exact) mass is 328 g/mol. The molecule has 0 aliphatic heterocycles. The minimum absolute atomic E-state index is 0.324. The summed E-state index contributed by atoms with van der Waals surface area (Å²) in [6.45, 7) is 6.18. The Morgan fingerprint density at radius 1 is 1.33 bits per heavy atom. The first-order valence-corrected chi connectivity index (χ1v) is 7.54. The number of hydrogen-bond acceptors (Lipinski definition) is 3. The molecule has 0 fully saturated rings. The van der Waals surface area contributed by atoms with Crippen LogP contribution in [0.25, 0.3) is 4.91 Å². The molecule has 0 bridgehead atoms. The summed E-state index contributed by atoms with van der Waals surface area (Å²) in [7, 11) is 1.39. The number of carbonyl (C=O) groups excluding carboxylic acids is 1. The van der Waals surface area contributed by atoms with Crippen LogP contribution in [0.2, 0.25) is 0 Å². The maximum Gasteiger partial charge on any atom is 0.331 e. The van der Waals surface area contributed by atoms with Crippen LogP contribution in [-0.4, -0.2) is 19.3 Å². The lowest BCUT2D eigenvalue weighted by molar-refractivity contribution is -0.134. The highest BCUT2D eigenvalue weighted by molar-refractivity contribution is 9.10. The van der Waals surface area contributed by atoms with Crippen molar-refractivity contribution in [3.63, 3.8) is 0 Å². The number of rotatable bonds is 3. The molecule has 98 valence electrons. The average Bonchev–Trinajstić information content (AvgIpc) is 2.34. The van der Waals surface area contributed by atoms with Crippen LogP contribution < -0.4 is 0 Å². The van der Waals surface area contributed by atoms with Crippen LogP contribution >= 0.6 is 27.7 Å². The van der Waals surface area contributed by atoms with Crippen molar-refractivity contribution in [3.05, 3.63) is 38.9 Å². The Morgan fingerprint density at radius 3 is 2.44 bits per heavy atom. The molecule has 0 aromatic heterocycles. The van der Waals surface area contributed by atoms with Gasteiger partial charge < -0.3 is 4.74 Å². The molecule has 0 saturated carbocycles. The van der Waals surface area contributed by atoms with E-state index in [2.05, 4.69) is 42.8 Å². The molecule has 4 heteroatoms. The second-order valence-corrected chi connectivity index (χ2v) is 5.70. The highest BCUT2D eigenvalue weighted by atomic mass is 79.9. The van der Waals surface area contributed by atoms with Gasteiger partial charge in [0.1, 0.15) is 0 Å². The molecular weight excluding hydrogens is 312 g/mol. The number of methoxy groups -OCH3 is 1. The Balaban J connectivity index is 3.44. The Hall–Kier alpha value is -0.740. The fourth-order valence-corrected chi connectivity index (χ4v) is 2.98. The third kappa shape index (κ3) is 3.18. The number of hydrogen-bond donors (Lipinski definition) is 0. The van der Waals surface area contributed by atoms with E-state index in [4.69, 9.17) is 4.74 Å². The van der Waals surface area contributed by atoms with Gasteiger partial charge in [0.05, 0.1) is 7.11 Å². The Kier molecular flexibility index (Phi) is 5.47. The zero-order valence-electron chi connectivity index (χ0n) is 11.3. The van der Waals surface area contributed by atoms with Crippen LogP contribution in [0.3, 0.4) is 0 Å². The summed E-state index contributed by atoms with van der Waals surface area (Å²) in [5, 5.41) is 0. The van der Waals surface area contributed by atoms with Gasteiger partial charge in [-0.25, -0.2) is 4.79 Å². The van der Waals surface area contributed by atoms with E-state index in [0.717, 1.165) is 26.1 Å². The van der Waals surface area contributed by atoms with E-state index in [1.807, 2.05) is 6.26 Å². The van der Waals surface area contributed by atoms with Crippen molar-refractivity contribution >= 4 is 38.6 Å². The predicted molar refractivity (Wildman–Crippen MR) is 81.9 cm³/mol. The number of ether oxygens (including phenoxy) is 1. The predicted octanol–water partition coefficient (Wildman–Crippen LogP) is 4.25. The minimum atomic E-state index is -0.324. The van der Waals surface area contributed by atoms with Crippen LogP contribution in [0.5, 0.6) is 0 Å². The van der Waals surface area contributed by atoms with E-state index >= 15 is 0 Å². The van der Waals surface area contributed by atoms with Crippen molar-refractivity contribution in [2.24, 2.45) is 0 Å². The molecule has 0 spiro atoms. The number of halogens is 1. The Morgan fingerprint density at radius 2 is 1.94 bits per heavy atom. The SMILES string of the molecule is COC(=O)/C=C(/SC)c1c(C)cc(C)c(Br)c1C. The number of carbonyl (C=O) groups is 1. The zero-order chi connectivity index (χ0) is 13.9. The van der Waals surface area contributed by atoms with Gasteiger partial charge in [0.25, 0.3) is 0 Å². The molecule has 0 saturated heterocycles. The van der Waals surface area contributed by atoms with Crippen LogP contribution in [-0.2, 0) is 9.53 Å². The minimum Gasteiger partial charge on any atom is -0.466 e. The largest absolute Gasteiger partial charge is 0.466 e. The molecule has 2 nitrogen and oxygen atoms in total. The van der Waals surface area contributed by atoms with E-state index in [0.29, 0.717) is 0 Å². The lowest BCUT2D eigenvalue weighted by atomic mass is 9.99. The second-order valence-electron chi connectivity index (χ2n) is 4.06. The number of thioether (sulfide) groups is 1. The summed E-state index contributed by atoms with van der Waals surface area (Å²) < 4.78 is 5.79. The van der Waals surface area contributed by atoms with Crippen molar-refractivity contribution in [2.75, 3.05) is 13.4 Å².